The van der Waals surface area contributed by atoms with Crippen molar-refractivity contribution in [2.45, 2.75) is 25.9 Å². The lowest BCUT2D eigenvalue weighted by molar-refractivity contribution is -0.195. The lowest BCUT2D eigenvalue weighted by atomic mass is 9.72. The van der Waals surface area contributed by atoms with Gasteiger partial charge in [0.05, 0.1) is 24.4 Å². The van der Waals surface area contributed by atoms with Gasteiger partial charge in [-0.25, -0.2) is 0 Å². The Kier molecular flexibility index (Phi) is 5.81. The number of nitrogen functional groups attached to an aromatic ring is 1. The lowest BCUT2D eigenvalue weighted by Crippen LogP contribution is -2.57. The fraction of sp³-hybridized carbons (Fsp3) is 0.625. The van der Waals surface area contributed by atoms with Gasteiger partial charge < -0.3 is 20.7 Å². The van der Waals surface area contributed by atoms with Crippen molar-refractivity contribution in [2.24, 2.45) is 11.3 Å². The summed E-state index contributed by atoms with van der Waals surface area (Å²) in [5.74, 6) is -3.62. The molecule has 8 nitrogen and oxygen atoms in total. The van der Waals surface area contributed by atoms with E-state index < -0.39 is 42.4 Å². The zero-order valence-corrected chi connectivity index (χ0v) is 15.3. The van der Waals surface area contributed by atoms with E-state index in [0.717, 1.165) is 7.11 Å². The largest absolute Gasteiger partial charge is 0.468 e. The van der Waals surface area contributed by atoms with Crippen LogP contribution in [0.1, 0.15) is 19.0 Å². The first-order valence-corrected chi connectivity index (χ1v) is 8.31. The molecular weight excluding hydrogens is 367 g/mol. The second-order valence-corrected chi connectivity index (χ2v) is 6.52. The summed E-state index contributed by atoms with van der Waals surface area (Å²) in [6.45, 7) is 1.81. The van der Waals surface area contributed by atoms with Crippen molar-refractivity contribution in [3.63, 3.8) is 0 Å². The van der Waals surface area contributed by atoms with E-state index in [0.29, 0.717) is 12.2 Å². The number of carbonyl (C=O) groups excluding carboxylic acids is 2. The number of piperidine rings is 1. The predicted octanol–water partition coefficient (Wildman–Crippen LogP) is 0.915. The van der Waals surface area contributed by atoms with Crippen LogP contribution < -0.4 is 16.0 Å². The Morgan fingerprint density at radius 2 is 2.15 bits per heavy atom. The van der Waals surface area contributed by atoms with Gasteiger partial charge in [0.25, 0.3) is 0 Å². The van der Waals surface area contributed by atoms with Crippen LogP contribution in [0.2, 0.25) is 0 Å². The van der Waals surface area contributed by atoms with Gasteiger partial charge >= 0.3 is 12.1 Å². The number of aromatic nitrogens is 2. The third-order valence-corrected chi connectivity index (χ3v) is 4.80. The van der Waals surface area contributed by atoms with E-state index in [-0.39, 0.29) is 17.9 Å². The van der Waals surface area contributed by atoms with Gasteiger partial charge in [-0.1, -0.05) is 0 Å². The standard InChI is InChI=1S/C16H22F3N5O3/c1-4-24(2)11-5-12(20)23-22-10(11)7-15(14(26)27-3)6-9(16(17,18)19)8-21-13(15)25/h5,9H,4,6-8H2,1-3H3,(H2,20,23)(H,21,25)/t9-,15?/m1/s1. The molecule has 0 spiro atoms. The summed E-state index contributed by atoms with van der Waals surface area (Å²) >= 11 is 0. The van der Waals surface area contributed by atoms with Crippen LogP contribution in [-0.4, -0.2) is 55.5 Å². The molecule has 2 atom stereocenters. The second-order valence-electron chi connectivity index (χ2n) is 6.52. The average molecular weight is 389 g/mol. The van der Waals surface area contributed by atoms with Gasteiger partial charge in [-0.15, -0.1) is 5.10 Å². The monoisotopic (exact) mass is 389 g/mol. The van der Waals surface area contributed by atoms with Gasteiger partial charge in [0.1, 0.15) is 5.82 Å². The van der Waals surface area contributed by atoms with E-state index in [9.17, 15) is 22.8 Å². The molecule has 1 unspecified atom stereocenters. The average Bonchev–Trinajstić information content (AvgIpc) is 2.62. The second kappa shape index (κ2) is 7.57. The number of rotatable bonds is 5. The zero-order chi connectivity index (χ0) is 20.4. The van der Waals surface area contributed by atoms with E-state index in [1.54, 1.807) is 11.9 Å². The predicted molar refractivity (Wildman–Crippen MR) is 90.7 cm³/mol. The Balaban J connectivity index is 2.52. The Labute approximate surface area is 154 Å². The first-order chi connectivity index (χ1) is 12.5. The van der Waals surface area contributed by atoms with Gasteiger partial charge in [0, 0.05) is 32.6 Å². The third-order valence-electron chi connectivity index (χ3n) is 4.80. The summed E-state index contributed by atoms with van der Waals surface area (Å²) in [6.07, 6.45) is -5.68. The number of nitrogens with one attached hydrogen (secondary N) is 1. The molecule has 2 heterocycles. The molecule has 0 bridgehead atoms. The van der Waals surface area contributed by atoms with Gasteiger partial charge in [-0.2, -0.15) is 18.3 Å². The number of halogens is 3. The molecular formula is C16H22F3N5O3. The van der Waals surface area contributed by atoms with Crippen molar-refractivity contribution in [1.82, 2.24) is 15.5 Å². The number of hydrogen-bond acceptors (Lipinski definition) is 7. The minimum Gasteiger partial charge on any atom is -0.468 e. The van der Waals surface area contributed by atoms with Crippen molar-refractivity contribution < 1.29 is 27.5 Å². The molecule has 1 aliphatic rings. The first-order valence-electron chi connectivity index (χ1n) is 8.31. The van der Waals surface area contributed by atoms with Crippen LogP contribution in [0.4, 0.5) is 24.7 Å². The van der Waals surface area contributed by atoms with Crippen LogP contribution in [0.15, 0.2) is 6.07 Å². The Morgan fingerprint density at radius 1 is 1.48 bits per heavy atom. The van der Waals surface area contributed by atoms with E-state index >= 15 is 0 Å². The molecule has 0 aromatic carbocycles. The summed E-state index contributed by atoms with van der Waals surface area (Å²) in [5, 5.41) is 9.86. The first kappa shape index (κ1) is 20.7. The molecule has 27 heavy (non-hydrogen) atoms. The molecule has 1 aromatic heterocycles. The summed E-state index contributed by atoms with van der Waals surface area (Å²) in [4.78, 5) is 26.7. The summed E-state index contributed by atoms with van der Waals surface area (Å²) < 4.78 is 44.5. The topological polar surface area (TPSA) is 110 Å². The molecule has 3 N–H and O–H groups in total. The summed E-state index contributed by atoms with van der Waals surface area (Å²) in [7, 11) is 2.76. The van der Waals surface area contributed by atoms with Crippen molar-refractivity contribution in [2.75, 3.05) is 37.9 Å². The van der Waals surface area contributed by atoms with Crippen molar-refractivity contribution in [1.29, 1.82) is 0 Å². The maximum atomic E-state index is 13.3. The van der Waals surface area contributed by atoms with Gasteiger partial charge in [-0.3, -0.25) is 9.59 Å². The van der Waals surface area contributed by atoms with Gasteiger partial charge in [0.2, 0.25) is 5.91 Å². The molecule has 1 fully saturated rings. The van der Waals surface area contributed by atoms with Crippen molar-refractivity contribution in [3.8, 4) is 0 Å². The van der Waals surface area contributed by atoms with Crippen LogP contribution in [0.5, 0.6) is 0 Å². The minimum absolute atomic E-state index is 0.113. The van der Waals surface area contributed by atoms with Crippen LogP contribution in [0.25, 0.3) is 0 Å². The highest BCUT2D eigenvalue weighted by Crippen LogP contribution is 2.42. The number of esters is 1. The molecule has 11 heteroatoms. The van der Waals surface area contributed by atoms with Crippen LogP contribution in [0, 0.1) is 11.3 Å². The molecule has 1 saturated heterocycles. The van der Waals surface area contributed by atoms with E-state index in [4.69, 9.17) is 10.5 Å². The van der Waals surface area contributed by atoms with Crippen molar-refractivity contribution in [3.05, 3.63) is 11.8 Å². The number of carbonyl (C=O) groups is 2. The molecule has 1 aromatic rings. The quantitative estimate of drug-likeness (QED) is 0.569. The number of hydrogen-bond donors (Lipinski definition) is 2. The molecule has 0 saturated carbocycles. The number of ether oxygens (including phenoxy) is 1. The van der Waals surface area contributed by atoms with E-state index in [1.165, 1.54) is 6.07 Å². The highest BCUT2D eigenvalue weighted by atomic mass is 19.4. The highest BCUT2D eigenvalue weighted by Gasteiger charge is 2.57. The Morgan fingerprint density at radius 3 is 2.70 bits per heavy atom. The molecule has 1 amide bonds. The Bertz CT molecular complexity index is 718. The molecule has 150 valence electrons. The molecule has 2 rings (SSSR count). The smallest absolute Gasteiger partial charge is 0.393 e. The van der Waals surface area contributed by atoms with Crippen LogP contribution in [-0.2, 0) is 20.7 Å². The van der Waals surface area contributed by atoms with Gasteiger partial charge in [-0.05, 0) is 13.3 Å². The number of anilines is 2. The van der Waals surface area contributed by atoms with E-state index in [1.807, 2.05) is 6.92 Å². The Hall–Kier alpha value is -2.59. The SMILES string of the molecule is CCN(C)c1cc(N)nnc1CC1(C(=O)OC)C[C@@H](C(F)(F)F)CNC1=O. The summed E-state index contributed by atoms with van der Waals surface area (Å²) in [5.41, 5.74) is 4.28. The fourth-order valence-corrected chi connectivity index (χ4v) is 3.13. The number of methoxy groups -OCH3 is 1. The van der Waals surface area contributed by atoms with Crippen LogP contribution >= 0.6 is 0 Å². The third kappa shape index (κ3) is 4.06. The van der Waals surface area contributed by atoms with Crippen LogP contribution in [0.3, 0.4) is 0 Å². The maximum absolute atomic E-state index is 13.3. The van der Waals surface area contributed by atoms with Crippen molar-refractivity contribution >= 4 is 23.4 Å². The summed E-state index contributed by atoms with van der Waals surface area (Å²) in [6, 6.07) is 1.50. The fourth-order valence-electron chi connectivity index (χ4n) is 3.13. The zero-order valence-electron chi connectivity index (χ0n) is 15.3. The number of alkyl halides is 3. The minimum atomic E-state index is -4.57. The molecule has 1 aliphatic heterocycles. The normalized spacial score (nSPS) is 22.9. The highest BCUT2D eigenvalue weighted by molar-refractivity contribution is 6.03. The number of nitrogens with zero attached hydrogens (tertiary/aromatic N) is 3. The number of amides is 1. The number of nitrogens with two attached hydrogens (primary N) is 1. The molecule has 0 aliphatic carbocycles. The maximum Gasteiger partial charge on any atom is 0.393 e. The van der Waals surface area contributed by atoms with Gasteiger partial charge in [0.15, 0.2) is 5.41 Å². The van der Waals surface area contributed by atoms with E-state index in [2.05, 4.69) is 15.5 Å². The lowest BCUT2D eigenvalue weighted by Gasteiger charge is -2.38. The molecule has 0 radical (unpaired) electrons.